The summed E-state index contributed by atoms with van der Waals surface area (Å²) in [7, 11) is 0. The zero-order valence-electron chi connectivity index (χ0n) is 13.0. The van der Waals surface area contributed by atoms with Gasteiger partial charge in [0.25, 0.3) is 0 Å². The van der Waals surface area contributed by atoms with E-state index in [-0.39, 0.29) is 5.91 Å². The molecule has 0 N–H and O–H groups in total. The van der Waals surface area contributed by atoms with Crippen LogP contribution in [0.2, 0.25) is 0 Å². The summed E-state index contributed by atoms with van der Waals surface area (Å²) in [5.41, 5.74) is 1.13. The van der Waals surface area contributed by atoms with Crippen LogP contribution in [0.5, 0.6) is 0 Å². The van der Waals surface area contributed by atoms with Crippen LogP contribution in [-0.4, -0.2) is 62.6 Å². The minimum absolute atomic E-state index is 0.159. The highest BCUT2D eigenvalue weighted by molar-refractivity contribution is 7.99. The summed E-state index contributed by atoms with van der Waals surface area (Å²) < 4.78 is 0. The van der Waals surface area contributed by atoms with Crippen LogP contribution in [0, 0.1) is 6.92 Å². The topological polar surface area (TPSA) is 62.2 Å². The predicted molar refractivity (Wildman–Crippen MR) is 91.5 cm³/mol. The second-order valence-electron chi connectivity index (χ2n) is 5.33. The van der Waals surface area contributed by atoms with Crippen molar-refractivity contribution in [3.8, 4) is 0 Å². The number of aryl methyl sites for hydroxylation is 1. The molecule has 23 heavy (non-hydrogen) atoms. The lowest BCUT2D eigenvalue weighted by atomic mass is 10.3. The monoisotopic (exact) mass is 349 g/mol. The molecule has 6 nitrogen and oxygen atoms in total. The molecule has 0 unspecified atom stereocenters. The van der Waals surface area contributed by atoms with Crippen molar-refractivity contribution in [3.63, 3.8) is 0 Å². The summed E-state index contributed by atoms with van der Waals surface area (Å²) in [4.78, 5) is 29.3. The van der Waals surface area contributed by atoms with Gasteiger partial charge in [-0.25, -0.2) is 15.0 Å². The molecule has 0 spiro atoms. The van der Waals surface area contributed by atoms with Crippen LogP contribution < -0.4 is 0 Å². The highest BCUT2D eigenvalue weighted by Crippen LogP contribution is 2.15. The minimum Gasteiger partial charge on any atom is -0.339 e. The predicted octanol–water partition coefficient (Wildman–Crippen LogP) is 1.68. The van der Waals surface area contributed by atoms with Gasteiger partial charge in [0.05, 0.1) is 16.5 Å². The lowest BCUT2D eigenvalue weighted by Crippen LogP contribution is -2.48. The Bertz CT molecular complexity index is 640. The molecular weight excluding hydrogens is 330 g/mol. The van der Waals surface area contributed by atoms with Crippen molar-refractivity contribution in [3.05, 3.63) is 34.5 Å². The number of amides is 1. The first kappa shape index (κ1) is 16.4. The Kier molecular flexibility index (Phi) is 5.58. The van der Waals surface area contributed by atoms with Gasteiger partial charge < -0.3 is 4.90 Å². The largest absolute Gasteiger partial charge is 0.339 e. The van der Waals surface area contributed by atoms with Crippen LogP contribution in [0.1, 0.15) is 10.7 Å². The number of carbonyl (C=O) groups excluding carboxylic acids is 1. The second kappa shape index (κ2) is 7.85. The van der Waals surface area contributed by atoms with Gasteiger partial charge in [0, 0.05) is 50.5 Å². The van der Waals surface area contributed by atoms with Crippen molar-refractivity contribution in [1.82, 2.24) is 24.8 Å². The Morgan fingerprint density at radius 3 is 2.65 bits per heavy atom. The maximum atomic E-state index is 12.3. The van der Waals surface area contributed by atoms with Crippen molar-refractivity contribution < 1.29 is 4.79 Å². The van der Waals surface area contributed by atoms with Crippen LogP contribution in [0.15, 0.2) is 29.0 Å². The van der Waals surface area contributed by atoms with E-state index in [9.17, 15) is 4.79 Å². The van der Waals surface area contributed by atoms with Gasteiger partial charge in [0.15, 0.2) is 5.16 Å². The van der Waals surface area contributed by atoms with Crippen LogP contribution in [-0.2, 0) is 11.3 Å². The number of rotatable bonds is 5. The summed E-state index contributed by atoms with van der Waals surface area (Å²) in [6.45, 7) is 6.25. The van der Waals surface area contributed by atoms with Gasteiger partial charge in [-0.15, -0.1) is 11.3 Å². The number of nitrogens with zero attached hydrogens (tertiary/aromatic N) is 5. The molecule has 3 heterocycles. The van der Waals surface area contributed by atoms with Gasteiger partial charge in [-0.1, -0.05) is 11.8 Å². The third kappa shape index (κ3) is 4.73. The number of thiazole rings is 1. The number of hydrogen-bond donors (Lipinski definition) is 0. The van der Waals surface area contributed by atoms with E-state index in [2.05, 4.69) is 25.2 Å². The van der Waals surface area contributed by atoms with E-state index in [1.165, 1.54) is 11.8 Å². The maximum Gasteiger partial charge on any atom is 0.233 e. The molecule has 2 aromatic rings. The van der Waals surface area contributed by atoms with Gasteiger partial charge in [-0.05, 0) is 13.0 Å². The van der Waals surface area contributed by atoms with Crippen molar-refractivity contribution in [2.24, 2.45) is 0 Å². The Balaban J connectivity index is 1.42. The van der Waals surface area contributed by atoms with Crippen molar-refractivity contribution in [2.75, 3.05) is 31.9 Å². The van der Waals surface area contributed by atoms with Crippen LogP contribution in [0.25, 0.3) is 0 Å². The van der Waals surface area contributed by atoms with Crippen molar-refractivity contribution >= 4 is 29.0 Å². The van der Waals surface area contributed by atoms with Gasteiger partial charge >= 0.3 is 0 Å². The molecule has 1 aliphatic heterocycles. The summed E-state index contributed by atoms with van der Waals surface area (Å²) in [5.74, 6) is 0.557. The SMILES string of the molecule is Cc1nc(CN2CCN(C(=O)CSc3ncccn3)CC2)cs1. The van der Waals surface area contributed by atoms with Gasteiger partial charge in [-0.2, -0.15) is 0 Å². The van der Waals surface area contributed by atoms with Crippen molar-refractivity contribution in [1.29, 1.82) is 0 Å². The molecule has 0 aromatic carbocycles. The summed E-state index contributed by atoms with van der Waals surface area (Å²) in [6.07, 6.45) is 3.39. The quantitative estimate of drug-likeness (QED) is 0.604. The molecule has 1 amide bonds. The molecule has 0 saturated carbocycles. The normalized spacial score (nSPS) is 15.8. The van der Waals surface area contributed by atoms with E-state index >= 15 is 0 Å². The Hall–Kier alpha value is -1.51. The summed E-state index contributed by atoms with van der Waals surface area (Å²) in [6, 6.07) is 1.77. The zero-order chi connectivity index (χ0) is 16.1. The first-order valence-electron chi connectivity index (χ1n) is 7.51. The standard InChI is InChI=1S/C15H19N5OS2/c1-12-18-13(10-22-12)9-19-5-7-20(8-6-19)14(21)11-23-15-16-3-2-4-17-15/h2-4,10H,5-9,11H2,1H3. The molecule has 0 bridgehead atoms. The smallest absolute Gasteiger partial charge is 0.233 e. The molecule has 122 valence electrons. The molecule has 2 aromatic heterocycles. The molecular formula is C15H19N5OS2. The highest BCUT2D eigenvalue weighted by atomic mass is 32.2. The molecule has 1 saturated heterocycles. The molecule has 0 atom stereocenters. The Morgan fingerprint density at radius 1 is 1.26 bits per heavy atom. The molecule has 1 aliphatic rings. The van der Waals surface area contributed by atoms with Crippen LogP contribution >= 0.6 is 23.1 Å². The minimum atomic E-state index is 0.159. The van der Waals surface area contributed by atoms with E-state index in [1.807, 2.05) is 11.8 Å². The van der Waals surface area contributed by atoms with E-state index in [0.717, 1.165) is 43.4 Å². The van der Waals surface area contributed by atoms with Gasteiger partial charge in [0.1, 0.15) is 0 Å². The first-order valence-corrected chi connectivity index (χ1v) is 9.38. The molecule has 8 heteroatoms. The number of piperazine rings is 1. The Labute approximate surface area is 144 Å². The molecule has 0 aliphatic carbocycles. The summed E-state index contributed by atoms with van der Waals surface area (Å²) in [5, 5.41) is 3.87. The molecule has 3 rings (SSSR count). The number of hydrogen-bond acceptors (Lipinski definition) is 7. The number of carbonyl (C=O) groups is 1. The Morgan fingerprint density at radius 2 is 2.00 bits per heavy atom. The average molecular weight is 349 g/mol. The highest BCUT2D eigenvalue weighted by Gasteiger charge is 2.21. The van der Waals surface area contributed by atoms with Crippen molar-refractivity contribution in [2.45, 2.75) is 18.6 Å². The van der Waals surface area contributed by atoms with Crippen LogP contribution in [0.4, 0.5) is 0 Å². The zero-order valence-corrected chi connectivity index (χ0v) is 14.6. The lowest BCUT2D eigenvalue weighted by Gasteiger charge is -2.34. The molecule has 0 radical (unpaired) electrons. The number of thioether (sulfide) groups is 1. The number of aromatic nitrogens is 3. The van der Waals surface area contributed by atoms with E-state index in [0.29, 0.717) is 10.9 Å². The molecule has 1 fully saturated rings. The third-order valence-corrected chi connectivity index (χ3v) is 5.33. The fourth-order valence-corrected chi connectivity index (χ4v) is 3.75. The van der Waals surface area contributed by atoms with Crippen LogP contribution in [0.3, 0.4) is 0 Å². The van der Waals surface area contributed by atoms with Gasteiger partial charge in [0.2, 0.25) is 5.91 Å². The maximum absolute atomic E-state index is 12.3. The van der Waals surface area contributed by atoms with E-state index < -0.39 is 0 Å². The average Bonchev–Trinajstić information content (AvgIpc) is 2.99. The fourth-order valence-electron chi connectivity index (χ4n) is 2.44. The summed E-state index contributed by atoms with van der Waals surface area (Å²) >= 11 is 3.08. The second-order valence-corrected chi connectivity index (χ2v) is 7.34. The third-order valence-electron chi connectivity index (χ3n) is 3.64. The first-order chi connectivity index (χ1) is 11.2. The van der Waals surface area contributed by atoms with E-state index in [1.54, 1.807) is 29.8 Å². The fraction of sp³-hybridized carbons (Fsp3) is 0.467. The van der Waals surface area contributed by atoms with E-state index in [4.69, 9.17) is 0 Å². The van der Waals surface area contributed by atoms with Gasteiger partial charge in [-0.3, -0.25) is 9.69 Å². The lowest BCUT2D eigenvalue weighted by molar-refractivity contribution is -0.130.